The molecule has 146 valence electrons. The number of pyridine rings is 1. The highest BCUT2D eigenvalue weighted by Crippen LogP contribution is 2.34. The van der Waals surface area contributed by atoms with Crippen LogP contribution in [0.25, 0.3) is 11.2 Å². The molecule has 5 heterocycles. The average Bonchev–Trinajstić information content (AvgIpc) is 3.16. The lowest BCUT2D eigenvalue weighted by Crippen LogP contribution is -2.45. The number of aromatic nitrogens is 5. The Kier molecular flexibility index (Phi) is 4.79. The van der Waals surface area contributed by atoms with Crippen LogP contribution in [0.4, 0.5) is 17.3 Å². The molecule has 8 nitrogen and oxygen atoms in total. The molecule has 3 aromatic heterocycles. The molecule has 0 aliphatic carbocycles. The van der Waals surface area contributed by atoms with Crippen LogP contribution in [0.1, 0.15) is 18.5 Å². The van der Waals surface area contributed by atoms with Gasteiger partial charge >= 0.3 is 0 Å². The van der Waals surface area contributed by atoms with Crippen LogP contribution in [-0.4, -0.2) is 61.9 Å². The second-order valence-electron chi connectivity index (χ2n) is 7.25. The number of H-pyrrole nitrogens is 1. The van der Waals surface area contributed by atoms with E-state index in [9.17, 15) is 0 Å². The minimum absolute atomic E-state index is 0.392. The zero-order valence-electron chi connectivity index (χ0n) is 15.7. The largest absolute Gasteiger partial charge is 0.380 e. The summed E-state index contributed by atoms with van der Waals surface area (Å²) in [6.45, 7) is 2.48. The first-order chi connectivity index (χ1) is 13.7. The highest BCUT2D eigenvalue weighted by Gasteiger charge is 2.29. The smallest absolute Gasteiger partial charge is 0.183 e. The predicted octanol–water partition coefficient (Wildman–Crippen LogP) is 2.86. The van der Waals surface area contributed by atoms with E-state index in [0.29, 0.717) is 15.6 Å². The van der Waals surface area contributed by atoms with Crippen LogP contribution in [0.15, 0.2) is 24.5 Å². The molecular weight excluding hydrogens is 469 g/mol. The van der Waals surface area contributed by atoms with Gasteiger partial charge in [-0.2, -0.15) is 5.10 Å². The summed E-state index contributed by atoms with van der Waals surface area (Å²) in [5.74, 6) is 1.68. The summed E-state index contributed by atoms with van der Waals surface area (Å²) in [5, 5.41) is 7.64. The van der Waals surface area contributed by atoms with Gasteiger partial charge in [0, 0.05) is 32.4 Å². The molecule has 1 saturated heterocycles. The van der Waals surface area contributed by atoms with Crippen molar-refractivity contribution in [3.63, 3.8) is 0 Å². The second-order valence-corrected chi connectivity index (χ2v) is 8.85. The quantitative estimate of drug-likeness (QED) is 0.446. The van der Waals surface area contributed by atoms with E-state index in [2.05, 4.69) is 60.7 Å². The van der Waals surface area contributed by atoms with Gasteiger partial charge in [-0.3, -0.25) is 10.1 Å². The molecule has 0 spiro atoms. The highest BCUT2D eigenvalue weighted by molar-refractivity contribution is 14.1. The molecule has 0 radical (unpaired) electrons. The Morgan fingerprint density at radius 2 is 2.29 bits per heavy atom. The molecule has 5 rings (SSSR count). The molecule has 3 aromatic rings. The Morgan fingerprint density at radius 1 is 1.36 bits per heavy atom. The topological polar surface area (TPSA) is 83.1 Å². The number of fused-ring (bicyclic) bond motifs is 2. The molecule has 2 aliphatic heterocycles. The first kappa shape index (κ1) is 18.0. The number of aromatic amines is 1. The van der Waals surface area contributed by atoms with Gasteiger partial charge in [0.2, 0.25) is 0 Å². The van der Waals surface area contributed by atoms with E-state index in [4.69, 9.17) is 14.7 Å². The van der Waals surface area contributed by atoms with Crippen molar-refractivity contribution in [2.75, 3.05) is 36.6 Å². The van der Waals surface area contributed by atoms with Crippen molar-refractivity contribution in [3.8, 4) is 0 Å². The summed E-state index contributed by atoms with van der Waals surface area (Å²) in [6, 6.07) is 4.46. The highest BCUT2D eigenvalue weighted by atomic mass is 127. The fourth-order valence-corrected chi connectivity index (χ4v) is 5.15. The molecule has 9 heteroatoms. The van der Waals surface area contributed by atoms with Crippen molar-refractivity contribution in [1.82, 2.24) is 25.1 Å². The van der Waals surface area contributed by atoms with Crippen LogP contribution in [-0.2, 0) is 11.2 Å². The van der Waals surface area contributed by atoms with Crippen LogP contribution < -0.4 is 9.80 Å². The van der Waals surface area contributed by atoms with Crippen molar-refractivity contribution < 1.29 is 4.74 Å². The van der Waals surface area contributed by atoms with Gasteiger partial charge in [-0.05, 0) is 31.4 Å². The van der Waals surface area contributed by atoms with Crippen LogP contribution in [0, 0.1) is 0 Å². The summed E-state index contributed by atoms with van der Waals surface area (Å²) in [6.07, 6.45) is 6.75. The van der Waals surface area contributed by atoms with Crippen molar-refractivity contribution in [2.45, 2.75) is 29.2 Å². The number of nitrogens with one attached hydrogen (secondary N) is 1. The first-order valence-corrected chi connectivity index (χ1v) is 10.8. The molecule has 0 bridgehead atoms. The number of rotatable bonds is 3. The molecule has 2 atom stereocenters. The Bertz CT molecular complexity index is 993. The molecule has 0 unspecified atom stereocenters. The average molecular weight is 491 g/mol. The predicted molar refractivity (Wildman–Crippen MR) is 117 cm³/mol. The van der Waals surface area contributed by atoms with Crippen LogP contribution in [0.2, 0.25) is 0 Å². The number of alkyl halides is 1. The molecule has 0 aromatic carbocycles. The van der Waals surface area contributed by atoms with E-state index in [0.717, 1.165) is 67.6 Å². The fourth-order valence-electron chi connectivity index (χ4n) is 4.05. The third kappa shape index (κ3) is 3.10. The minimum Gasteiger partial charge on any atom is -0.380 e. The van der Waals surface area contributed by atoms with Gasteiger partial charge in [0.1, 0.15) is 5.82 Å². The molecule has 2 aliphatic rings. The number of aryl methyl sites for hydroxylation is 1. The maximum absolute atomic E-state index is 5.57. The van der Waals surface area contributed by atoms with E-state index >= 15 is 0 Å². The lowest BCUT2D eigenvalue weighted by Gasteiger charge is -2.35. The van der Waals surface area contributed by atoms with Gasteiger partial charge in [-0.15, -0.1) is 0 Å². The van der Waals surface area contributed by atoms with E-state index in [1.54, 1.807) is 0 Å². The zero-order chi connectivity index (χ0) is 19.1. The molecular formula is C19H22IN7O. The number of nitrogens with zero attached hydrogens (tertiary/aromatic N) is 6. The van der Waals surface area contributed by atoms with Crippen molar-refractivity contribution in [2.24, 2.45) is 0 Å². The van der Waals surface area contributed by atoms with Crippen LogP contribution in [0.3, 0.4) is 0 Å². The Balaban J connectivity index is 1.48. The maximum Gasteiger partial charge on any atom is 0.183 e. The maximum atomic E-state index is 5.57. The number of hydrogen-bond acceptors (Lipinski definition) is 7. The molecule has 0 saturated carbocycles. The van der Waals surface area contributed by atoms with Crippen LogP contribution in [0.5, 0.6) is 0 Å². The van der Waals surface area contributed by atoms with Crippen molar-refractivity contribution >= 4 is 51.1 Å². The van der Waals surface area contributed by atoms with Crippen molar-refractivity contribution in [1.29, 1.82) is 0 Å². The molecule has 0 amide bonds. The van der Waals surface area contributed by atoms with Gasteiger partial charge in [0.15, 0.2) is 17.0 Å². The van der Waals surface area contributed by atoms with E-state index in [-0.39, 0.29) is 0 Å². The number of anilines is 3. The van der Waals surface area contributed by atoms with Gasteiger partial charge in [-0.1, -0.05) is 22.6 Å². The lowest BCUT2D eigenvalue weighted by atomic mass is 10.1. The van der Waals surface area contributed by atoms with E-state index < -0.39 is 0 Å². The summed E-state index contributed by atoms with van der Waals surface area (Å²) in [4.78, 5) is 18.5. The summed E-state index contributed by atoms with van der Waals surface area (Å²) in [7, 11) is 2.08. The summed E-state index contributed by atoms with van der Waals surface area (Å²) >= 11 is 2.46. The lowest BCUT2D eigenvalue weighted by molar-refractivity contribution is 0.0941. The van der Waals surface area contributed by atoms with Gasteiger partial charge < -0.3 is 14.5 Å². The third-order valence-corrected chi connectivity index (χ3v) is 6.75. The summed E-state index contributed by atoms with van der Waals surface area (Å²) < 4.78 is 6.00. The summed E-state index contributed by atoms with van der Waals surface area (Å²) in [5.41, 5.74) is 3.74. The van der Waals surface area contributed by atoms with Crippen molar-refractivity contribution in [3.05, 3.63) is 30.2 Å². The molecule has 1 N–H and O–H groups in total. The first-order valence-electron chi connectivity index (χ1n) is 9.59. The monoisotopic (exact) mass is 491 g/mol. The minimum atomic E-state index is 0.392. The SMILES string of the molecule is CN(c1cnc2c(N3CCCc4ncccc43)n[nH]c2n1)[C@H]1CCOC[C@H]1I. The Morgan fingerprint density at radius 3 is 3.18 bits per heavy atom. The third-order valence-electron chi connectivity index (χ3n) is 5.56. The van der Waals surface area contributed by atoms with Gasteiger partial charge in [0.05, 0.1) is 28.1 Å². The Labute approximate surface area is 176 Å². The van der Waals surface area contributed by atoms with Crippen LogP contribution >= 0.6 is 22.6 Å². The number of ether oxygens (including phenoxy) is 1. The zero-order valence-corrected chi connectivity index (χ0v) is 17.8. The fraction of sp³-hybridized carbons (Fsp3) is 0.474. The van der Waals surface area contributed by atoms with Gasteiger partial charge in [0.25, 0.3) is 0 Å². The standard InChI is InChI=1S/C19H22IN7O/c1-26(14-6-9-28-11-12(14)20)16-10-22-17-18(23-16)24-25-19(17)27-8-3-4-13-15(27)5-2-7-21-13/h2,5,7,10,12,14H,3-4,6,8-9,11H2,1H3,(H,23,24,25)/t12-,14+/m1/s1. The number of halogens is 1. The normalized spacial score (nSPS) is 22.3. The van der Waals surface area contributed by atoms with E-state index in [1.807, 2.05) is 18.5 Å². The number of hydrogen-bond donors (Lipinski definition) is 1. The molecule has 1 fully saturated rings. The second kappa shape index (κ2) is 7.43. The Hall–Kier alpha value is -2.01. The molecule has 28 heavy (non-hydrogen) atoms. The van der Waals surface area contributed by atoms with E-state index in [1.165, 1.54) is 0 Å². The van der Waals surface area contributed by atoms with Gasteiger partial charge in [-0.25, -0.2) is 9.97 Å².